The van der Waals surface area contributed by atoms with Crippen molar-refractivity contribution in [1.29, 1.82) is 0 Å². The molecule has 1 unspecified atom stereocenters. The molecule has 0 saturated carbocycles. The number of likely N-dealkylation sites (tertiary alicyclic amines) is 1. The second kappa shape index (κ2) is 8.81. The topological polar surface area (TPSA) is 99.4 Å². The second-order valence-electron chi connectivity index (χ2n) is 6.55. The Bertz CT molecular complexity index is 833. The molecule has 0 spiro atoms. The Morgan fingerprint density at radius 3 is 2.71 bits per heavy atom. The Balaban J connectivity index is 1.82. The van der Waals surface area contributed by atoms with E-state index in [2.05, 4.69) is 15.3 Å². The van der Waals surface area contributed by atoms with Crippen LogP contribution < -0.4 is 4.74 Å². The van der Waals surface area contributed by atoms with Gasteiger partial charge in [-0.1, -0.05) is 6.92 Å². The highest BCUT2D eigenvalue weighted by molar-refractivity contribution is 5.95. The third kappa shape index (κ3) is 3.97. The number of methoxy groups -OCH3 is 1. The third-order valence-corrected chi connectivity index (χ3v) is 4.81. The van der Waals surface area contributed by atoms with Crippen LogP contribution in [-0.2, 0) is 16.0 Å². The van der Waals surface area contributed by atoms with Crippen LogP contribution in [0.2, 0.25) is 0 Å². The van der Waals surface area contributed by atoms with E-state index in [0.717, 1.165) is 18.5 Å². The highest BCUT2D eigenvalue weighted by Gasteiger charge is 2.31. The number of hydrogen-bond acceptors (Lipinski definition) is 7. The van der Waals surface area contributed by atoms with Gasteiger partial charge in [0, 0.05) is 19.2 Å². The number of hydrogen-bond donors (Lipinski definition) is 0. The van der Waals surface area contributed by atoms with Gasteiger partial charge < -0.3 is 14.4 Å². The van der Waals surface area contributed by atoms with Crippen LogP contribution in [0.5, 0.6) is 5.88 Å². The molecule has 1 saturated heterocycles. The number of carbonyl (C=O) groups excluding carboxylic acids is 2. The summed E-state index contributed by atoms with van der Waals surface area (Å²) < 4.78 is 11.8. The van der Waals surface area contributed by atoms with Crippen LogP contribution in [0.3, 0.4) is 0 Å². The summed E-state index contributed by atoms with van der Waals surface area (Å²) >= 11 is 0. The summed E-state index contributed by atoms with van der Waals surface area (Å²) in [6.45, 7) is 5.07. The summed E-state index contributed by atoms with van der Waals surface area (Å²) in [6.07, 6.45) is 3.67. The normalized spacial score (nSPS) is 16.7. The summed E-state index contributed by atoms with van der Waals surface area (Å²) in [7, 11) is 1.52. The molecule has 0 aliphatic carbocycles. The number of piperidine rings is 1. The van der Waals surface area contributed by atoms with Gasteiger partial charge in [0.2, 0.25) is 5.88 Å². The van der Waals surface area contributed by atoms with Gasteiger partial charge in [-0.25, -0.2) is 4.68 Å². The van der Waals surface area contributed by atoms with Crippen LogP contribution in [0.1, 0.15) is 42.7 Å². The maximum absolute atomic E-state index is 13.1. The average molecular weight is 387 g/mol. The largest absolute Gasteiger partial charge is 0.480 e. The Kier molecular flexibility index (Phi) is 6.23. The van der Waals surface area contributed by atoms with Crippen LogP contribution in [0.25, 0.3) is 5.82 Å². The van der Waals surface area contributed by atoms with Gasteiger partial charge >= 0.3 is 5.97 Å². The van der Waals surface area contributed by atoms with Gasteiger partial charge in [0.25, 0.3) is 5.91 Å². The van der Waals surface area contributed by atoms with Crippen molar-refractivity contribution in [1.82, 2.24) is 24.9 Å². The minimum atomic E-state index is -0.273. The zero-order chi connectivity index (χ0) is 20.1. The number of carbonyl (C=O) groups is 2. The average Bonchev–Trinajstić information content (AvgIpc) is 3.17. The van der Waals surface area contributed by atoms with Gasteiger partial charge in [0.05, 0.1) is 37.1 Å². The Labute approximate surface area is 163 Å². The van der Waals surface area contributed by atoms with Crippen LogP contribution in [0.4, 0.5) is 0 Å². The fraction of sp³-hybridized carbons (Fsp3) is 0.526. The number of amides is 1. The predicted octanol–water partition coefficient (Wildman–Crippen LogP) is 1.65. The lowest BCUT2D eigenvalue weighted by Crippen LogP contribution is -2.43. The van der Waals surface area contributed by atoms with Crippen LogP contribution in [-0.4, -0.2) is 63.6 Å². The van der Waals surface area contributed by atoms with Gasteiger partial charge in [0.1, 0.15) is 0 Å². The number of esters is 1. The molecule has 3 heterocycles. The molecule has 1 fully saturated rings. The van der Waals surface area contributed by atoms with Gasteiger partial charge in [-0.2, -0.15) is 5.10 Å². The van der Waals surface area contributed by atoms with E-state index >= 15 is 0 Å². The van der Waals surface area contributed by atoms with E-state index in [4.69, 9.17) is 9.47 Å². The predicted molar refractivity (Wildman–Crippen MR) is 100 cm³/mol. The molecule has 1 amide bonds. The Morgan fingerprint density at radius 1 is 1.25 bits per heavy atom. The molecule has 150 valence electrons. The van der Waals surface area contributed by atoms with E-state index < -0.39 is 0 Å². The molecule has 9 heteroatoms. The molecular weight excluding hydrogens is 362 g/mol. The standard InChI is InChI=1S/C19H25N5O4/c1-4-15-14(11-20-24(15)16-8-9-17(27-3)22-21-16)18(25)23-10-6-7-13(12-23)19(26)28-5-2/h8-9,11,13H,4-7,10,12H2,1-3H3. The second-order valence-corrected chi connectivity index (χ2v) is 6.55. The first-order chi connectivity index (χ1) is 13.6. The van der Waals surface area contributed by atoms with E-state index in [-0.39, 0.29) is 17.8 Å². The zero-order valence-electron chi connectivity index (χ0n) is 16.4. The Morgan fingerprint density at radius 2 is 2.07 bits per heavy atom. The van der Waals surface area contributed by atoms with Crippen molar-refractivity contribution in [2.24, 2.45) is 5.92 Å². The fourth-order valence-corrected chi connectivity index (χ4v) is 3.41. The number of aromatic nitrogens is 4. The lowest BCUT2D eigenvalue weighted by molar-refractivity contribution is -0.149. The van der Waals surface area contributed by atoms with Gasteiger partial charge in [-0.15, -0.1) is 10.2 Å². The minimum absolute atomic E-state index is 0.126. The van der Waals surface area contributed by atoms with Crippen LogP contribution >= 0.6 is 0 Å². The molecule has 0 aromatic carbocycles. The number of nitrogens with zero attached hydrogens (tertiary/aromatic N) is 5. The van der Waals surface area contributed by atoms with E-state index in [9.17, 15) is 9.59 Å². The smallest absolute Gasteiger partial charge is 0.310 e. The molecule has 1 atom stereocenters. The number of rotatable bonds is 6. The molecule has 28 heavy (non-hydrogen) atoms. The monoisotopic (exact) mass is 387 g/mol. The summed E-state index contributed by atoms with van der Waals surface area (Å²) in [5.41, 5.74) is 1.27. The van der Waals surface area contributed by atoms with Crippen molar-refractivity contribution >= 4 is 11.9 Å². The van der Waals surface area contributed by atoms with Crippen molar-refractivity contribution in [2.45, 2.75) is 33.1 Å². The molecule has 2 aromatic heterocycles. The highest BCUT2D eigenvalue weighted by atomic mass is 16.5. The SMILES string of the molecule is CCOC(=O)C1CCCN(C(=O)c2cnn(-c3ccc(OC)nn3)c2CC)C1. The zero-order valence-corrected chi connectivity index (χ0v) is 16.4. The lowest BCUT2D eigenvalue weighted by atomic mass is 9.97. The van der Waals surface area contributed by atoms with E-state index in [0.29, 0.717) is 43.4 Å². The fourth-order valence-electron chi connectivity index (χ4n) is 3.41. The molecular formula is C19H25N5O4. The van der Waals surface area contributed by atoms with E-state index in [1.54, 1.807) is 34.8 Å². The molecule has 2 aromatic rings. The van der Waals surface area contributed by atoms with Crippen LogP contribution in [0, 0.1) is 5.92 Å². The van der Waals surface area contributed by atoms with Gasteiger partial charge in [0.15, 0.2) is 5.82 Å². The molecule has 3 rings (SSSR count). The molecule has 9 nitrogen and oxygen atoms in total. The summed E-state index contributed by atoms with van der Waals surface area (Å²) in [5, 5.41) is 12.4. The first kappa shape index (κ1) is 19.8. The van der Waals surface area contributed by atoms with Crippen molar-refractivity contribution in [2.75, 3.05) is 26.8 Å². The maximum Gasteiger partial charge on any atom is 0.310 e. The quantitative estimate of drug-likeness (QED) is 0.695. The molecule has 0 bridgehead atoms. The summed E-state index contributed by atoms with van der Waals surface area (Å²) in [6, 6.07) is 3.43. The summed E-state index contributed by atoms with van der Waals surface area (Å²) in [5.74, 6) is 0.284. The van der Waals surface area contributed by atoms with E-state index in [1.165, 1.54) is 7.11 Å². The van der Waals surface area contributed by atoms with Crippen molar-refractivity contribution in [3.63, 3.8) is 0 Å². The first-order valence-corrected chi connectivity index (χ1v) is 9.49. The van der Waals surface area contributed by atoms with E-state index in [1.807, 2.05) is 6.92 Å². The van der Waals surface area contributed by atoms with Gasteiger partial charge in [-0.3, -0.25) is 9.59 Å². The molecule has 1 aliphatic heterocycles. The molecule has 0 N–H and O–H groups in total. The summed E-state index contributed by atoms with van der Waals surface area (Å²) in [4.78, 5) is 26.9. The molecule has 1 aliphatic rings. The Hall–Kier alpha value is -2.97. The maximum atomic E-state index is 13.1. The first-order valence-electron chi connectivity index (χ1n) is 9.49. The molecule has 0 radical (unpaired) electrons. The highest BCUT2D eigenvalue weighted by Crippen LogP contribution is 2.22. The van der Waals surface area contributed by atoms with Gasteiger partial charge in [-0.05, 0) is 32.3 Å². The lowest BCUT2D eigenvalue weighted by Gasteiger charge is -2.31. The minimum Gasteiger partial charge on any atom is -0.480 e. The van der Waals surface area contributed by atoms with Crippen molar-refractivity contribution in [3.05, 3.63) is 29.6 Å². The van der Waals surface area contributed by atoms with Crippen molar-refractivity contribution < 1.29 is 19.1 Å². The van der Waals surface area contributed by atoms with Crippen LogP contribution in [0.15, 0.2) is 18.3 Å². The number of ether oxygens (including phenoxy) is 2. The third-order valence-electron chi connectivity index (χ3n) is 4.81. The van der Waals surface area contributed by atoms with Crippen molar-refractivity contribution in [3.8, 4) is 11.7 Å².